The maximum absolute atomic E-state index is 12.5. The molecule has 0 spiro atoms. The zero-order valence-corrected chi connectivity index (χ0v) is 48.9. The highest BCUT2D eigenvalue weighted by molar-refractivity contribution is 5.76. The van der Waals surface area contributed by atoms with E-state index in [1.807, 2.05) is 0 Å². The summed E-state index contributed by atoms with van der Waals surface area (Å²) in [5, 5.41) is 23.4. The van der Waals surface area contributed by atoms with Crippen LogP contribution in [0.25, 0.3) is 0 Å². The zero-order valence-electron chi connectivity index (χ0n) is 48.9. The van der Waals surface area contributed by atoms with Crippen LogP contribution in [-0.2, 0) is 14.3 Å². The second-order valence-electron chi connectivity index (χ2n) is 22.8. The predicted octanol–water partition coefficient (Wildman–Crippen LogP) is 20.8. The Balaban J connectivity index is 3.45. The van der Waals surface area contributed by atoms with E-state index in [1.54, 1.807) is 0 Å². The van der Waals surface area contributed by atoms with Gasteiger partial charge >= 0.3 is 5.97 Å². The highest BCUT2D eigenvalue weighted by atomic mass is 16.5. The molecule has 0 aliphatic rings. The summed E-state index contributed by atoms with van der Waals surface area (Å²) >= 11 is 0. The van der Waals surface area contributed by atoms with Gasteiger partial charge in [0.05, 0.1) is 25.4 Å². The quantitative estimate of drug-likeness (QED) is 0.0320. The molecule has 0 bridgehead atoms. The highest BCUT2D eigenvalue weighted by Gasteiger charge is 2.20. The van der Waals surface area contributed by atoms with Crippen LogP contribution in [0, 0.1) is 0 Å². The Labute approximate surface area is 450 Å². The number of nitrogens with one attached hydrogen (secondary N) is 1. The standard InChI is InChI=1S/C66H129NO5/c1-3-5-7-9-11-13-15-17-19-21-23-24-25-26-27-29-30-32-34-38-42-46-50-54-58-64(69)63(62-68)67-65(70)59-55-51-47-43-39-36-37-41-45-49-53-57-61-72-66(71)60-56-52-48-44-40-35-33-31-28-22-20-18-16-14-12-10-8-6-4-2/h37,41,63-64,68-69H,3-36,38-40,42-62H2,1-2H3,(H,67,70)/b41-37-. The Morgan fingerprint density at radius 3 is 0.986 bits per heavy atom. The molecule has 0 fully saturated rings. The average molecular weight is 1020 g/mol. The van der Waals surface area contributed by atoms with Crippen molar-refractivity contribution in [2.45, 2.75) is 386 Å². The second-order valence-corrected chi connectivity index (χ2v) is 22.8. The van der Waals surface area contributed by atoms with Crippen LogP contribution in [-0.4, -0.2) is 47.4 Å². The fourth-order valence-electron chi connectivity index (χ4n) is 10.5. The third-order valence-electron chi connectivity index (χ3n) is 15.6. The van der Waals surface area contributed by atoms with Crippen molar-refractivity contribution in [2.24, 2.45) is 0 Å². The van der Waals surface area contributed by atoms with E-state index < -0.39 is 12.1 Å². The molecule has 0 saturated carbocycles. The van der Waals surface area contributed by atoms with Crippen molar-refractivity contribution in [3.05, 3.63) is 12.2 Å². The van der Waals surface area contributed by atoms with Gasteiger partial charge in [-0.25, -0.2) is 0 Å². The summed E-state index contributed by atoms with van der Waals surface area (Å²) in [7, 11) is 0. The lowest BCUT2D eigenvalue weighted by Crippen LogP contribution is -2.45. The van der Waals surface area contributed by atoms with Gasteiger partial charge in [-0.15, -0.1) is 0 Å². The summed E-state index contributed by atoms with van der Waals surface area (Å²) in [5.74, 6) is -0.0721. The van der Waals surface area contributed by atoms with Gasteiger partial charge in [0.2, 0.25) is 5.91 Å². The first kappa shape index (κ1) is 70.6. The monoisotopic (exact) mass is 1020 g/mol. The third kappa shape index (κ3) is 57.9. The molecule has 0 aromatic carbocycles. The van der Waals surface area contributed by atoms with Crippen LogP contribution in [0.5, 0.6) is 0 Å². The van der Waals surface area contributed by atoms with Crippen molar-refractivity contribution in [3.63, 3.8) is 0 Å². The number of ether oxygens (including phenoxy) is 1. The van der Waals surface area contributed by atoms with E-state index in [0.717, 1.165) is 77.0 Å². The predicted molar refractivity (Wildman–Crippen MR) is 315 cm³/mol. The number of unbranched alkanes of at least 4 members (excludes halogenated alkanes) is 49. The first-order valence-electron chi connectivity index (χ1n) is 32.9. The number of rotatable bonds is 62. The molecule has 0 aromatic rings. The number of amides is 1. The topological polar surface area (TPSA) is 95.9 Å². The molecule has 0 heterocycles. The van der Waals surface area contributed by atoms with E-state index in [1.165, 1.54) is 263 Å². The lowest BCUT2D eigenvalue weighted by atomic mass is 10.0. The minimum atomic E-state index is -0.681. The fourth-order valence-corrected chi connectivity index (χ4v) is 10.5. The molecule has 2 unspecified atom stereocenters. The third-order valence-corrected chi connectivity index (χ3v) is 15.6. The molecule has 0 aromatic heterocycles. The Morgan fingerprint density at radius 1 is 0.375 bits per heavy atom. The molecule has 1 amide bonds. The van der Waals surface area contributed by atoms with Gasteiger partial charge in [0.1, 0.15) is 0 Å². The molecule has 428 valence electrons. The summed E-state index contributed by atoms with van der Waals surface area (Å²) in [6.07, 6.45) is 75.2. The first-order valence-corrected chi connectivity index (χ1v) is 32.9. The van der Waals surface area contributed by atoms with E-state index in [4.69, 9.17) is 4.74 Å². The van der Waals surface area contributed by atoms with Gasteiger partial charge in [0.15, 0.2) is 0 Å². The number of carbonyl (C=O) groups is 2. The number of allylic oxidation sites excluding steroid dienone is 2. The highest BCUT2D eigenvalue weighted by Crippen LogP contribution is 2.19. The number of esters is 1. The number of carbonyl (C=O) groups excluding carboxylic acids is 2. The van der Waals surface area contributed by atoms with Gasteiger partial charge < -0.3 is 20.3 Å². The number of hydrogen-bond acceptors (Lipinski definition) is 5. The second kappa shape index (κ2) is 62.1. The van der Waals surface area contributed by atoms with Gasteiger partial charge in [0.25, 0.3) is 0 Å². The maximum atomic E-state index is 12.5. The summed E-state index contributed by atoms with van der Waals surface area (Å²) in [6.45, 7) is 4.94. The van der Waals surface area contributed by atoms with Crippen molar-refractivity contribution < 1.29 is 24.5 Å². The molecule has 0 radical (unpaired) electrons. The Bertz CT molecular complexity index is 1080. The summed E-state index contributed by atoms with van der Waals surface area (Å²) in [6, 6.07) is -0.561. The minimum absolute atomic E-state index is 0.0164. The molecular weight excluding hydrogens is 887 g/mol. The first-order chi connectivity index (χ1) is 35.5. The molecule has 0 saturated heterocycles. The molecule has 2 atom stereocenters. The van der Waals surface area contributed by atoms with Crippen LogP contribution in [0.2, 0.25) is 0 Å². The maximum Gasteiger partial charge on any atom is 0.305 e. The van der Waals surface area contributed by atoms with Crippen molar-refractivity contribution in [1.82, 2.24) is 5.32 Å². The minimum Gasteiger partial charge on any atom is -0.466 e. The van der Waals surface area contributed by atoms with E-state index >= 15 is 0 Å². The Hall–Kier alpha value is -1.40. The van der Waals surface area contributed by atoms with Gasteiger partial charge in [-0.05, 0) is 57.8 Å². The lowest BCUT2D eigenvalue weighted by molar-refractivity contribution is -0.143. The largest absolute Gasteiger partial charge is 0.466 e. The molecule has 0 aliphatic carbocycles. The van der Waals surface area contributed by atoms with Crippen molar-refractivity contribution >= 4 is 11.9 Å². The lowest BCUT2D eigenvalue weighted by Gasteiger charge is -2.22. The van der Waals surface area contributed by atoms with E-state index in [9.17, 15) is 19.8 Å². The molecule has 6 heteroatoms. The van der Waals surface area contributed by atoms with Gasteiger partial charge in [0, 0.05) is 12.8 Å². The average Bonchev–Trinajstić information content (AvgIpc) is 3.38. The van der Waals surface area contributed by atoms with Gasteiger partial charge in [-0.2, -0.15) is 0 Å². The number of hydrogen-bond donors (Lipinski definition) is 3. The van der Waals surface area contributed by atoms with Gasteiger partial charge in [-0.1, -0.05) is 315 Å². The summed E-state index contributed by atoms with van der Waals surface area (Å²) < 4.78 is 5.48. The van der Waals surface area contributed by atoms with Crippen LogP contribution in [0.15, 0.2) is 12.2 Å². The van der Waals surface area contributed by atoms with Crippen molar-refractivity contribution in [1.29, 1.82) is 0 Å². The van der Waals surface area contributed by atoms with Crippen LogP contribution >= 0.6 is 0 Å². The van der Waals surface area contributed by atoms with E-state index in [2.05, 4.69) is 31.3 Å². The van der Waals surface area contributed by atoms with E-state index in [0.29, 0.717) is 25.9 Å². The van der Waals surface area contributed by atoms with Crippen LogP contribution in [0.1, 0.15) is 373 Å². The summed E-state index contributed by atoms with van der Waals surface area (Å²) in [4.78, 5) is 24.6. The molecule has 0 aliphatic heterocycles. The van der Waals surface area contributed by atoms with Crippen LogP contribution in [0.3, 0.4) is 0 Å². The molecule has 3 N–H and O–H groups in total. The molecular formula is C66H129NO5. The van der Waals surface area contributed by atoms with Crippen molar-refractivity contribution in [3.8, 4) is 0 Å². The van der Waals surface area contributed by atoms with E-state index in [-0.39, 0.29) is 18.5 Å². The normalized spacial score (nSPS) is 12.6. The van der Waals surface area contributed by atoms with Crippen LogP contribution in [0.4, 0.5) is 0 Å². The van der Waals surface area contributed by atoms with Crippen LogP contribution < -0.4 is 5.32 Å². The Morgan fingerprint density at radius 2 is 0.653 bits per heavy atom. The fraction of sp³-hybridized carbons (Fsp3) is 0.939. The summed E-state index contributed by atoms with van der Waals surface area (Å²) in [5.41, 5.74) is 0. The van der Waals surface area contributed by atoms with Gasteiger partial charge in [-0.3, -0.25) is 9.59 Å². The number of aliphatic hydroxyl groups is 2. The zero-order chi connectivity index (χ0) is 52.2. The Kier molecular flexibility index (Phi) is 60.9. The van der Waals surface area contributed by atoms with Crippen molar-refractivity contribution in [2.75, 3.05) is 13.2 Å². The molecule has 6 nitrogen and oxygen atoms in total. The molecule has 0 rings (SSSR count). The SMILES string of the molecule is CCCCCCCCCCCCCCCCCCCCCCCCCCC(O)C(CO)NC(=O)CCCCCCC/C=C\CCCCCOC(=O)CCCCCCCCCCCCCCCCCCCCC. The number of aliphatic hydroxyl groups excluding tert-OH is 2. The smallest absolute Gasteiger partial charge is 0.305 e. The molecule has 72 heavy (non-hydrogen) atoms.